The number of carbonyl (C=O) groups is 1. The van der Waals surface area contributed by atoms with Gasteiger partial charge in [-0.25, -0.2) is 14.4 Å². The molecule has 2 aromatic heterocycles. The van der Waals surface area contributed by atoms with E-state index >= 15 is 0 Å². The highest BCUT2D eigenvalue weighted by atomic mass is 19.1. The van der Waals surface area contributed by atoms with Crippen LogP contribution in [0.3, 0.4) is 0 Å². The van der Waals surface area contributed by atoms with Crippen LogP contribution >= 0.6 is 0 Å². The molecular formula is C27H19FN8O3. The lowest BCUT2D eigenvalue weighted by molar-refractivity contribution is 0.0947. The number of fused-ring (bicyclic) bond motifs is 2. The molecule has 2 heterocycles. The molecule has 3 N–H and O–H groups in total. The topological polar surface area (TPSA) is 146 Å². The fourth-order valence-electron chi connectivity index (χ4n) is 4.19. The zero-order valence-corrected chi connectivity index (χ0v) is 20.2. The number of amides is 1. The van der Waals surface area contributed by atoms with Crippen LogP contribution in [-0.2, 0) is 6.61 Å². The van der Waals surface area contributed by atoms with Crippen molar-refractivity contribution >= 4 is 39.5 Å². The highest BCUT2D eigenvalue weighted by Gasteiger charge is 2.24. The molecule has 1 amide bonds. The first kappa shape index (κ1) is 23.7. The molecule has 0 saturated heterocycles. The van der Waals surface area contributed by atoms with Gasteiger partial charge in [-0.15, -0.1) is 5.10 Å². The standard InChI is InChI=1S/C27H19FN8O3/c28-18-9-11-19(12-10-18)38-15-23-24(31-35-36(23)26-25(29)33-39-34-26)27(37)32-30-14-22-20-7-3-1-5-16(20)13-17-6-2-4-8-21(17)22/h1-14H,15H2,(H2,29,33)(H,32,37). The van der Waals surface area contributed by atoms with Crippen molar-refractivity contribution in [2.45, 2.75) is 6.61 Å². The van der Waals surface area contributed by atoms with Crippen molar-refractivity contribution in [3.8, 4) is 11.6 Å². The van der Waals surface area contributed by atoms with Crippen LogP contribution < -0.4 is 15.9 Å². The molecule has 6 aromatic rings. The van der Waals surface area contributed by atoms with E-state index in [1.165, 1.54) is 28.9 Å². The molecule has 39 heavy (non-hydrogen) atoms. The third-order valence-electron chi connectivity index (χ3n) is 6.04. The highest BCUT2D eigenvalue weighted by molar-refractivity contribution is 6.13. The van der Waals surface area contributed by atoms with Crippen LogP contribution in [0.2, 0.25) is 0 Å². The van der Waals surface area contributed by atoms with Gasteiger partial charge in [0, 0.05) is 5.56 Å². The summed E-state index contributed by atoms with van der Waals surface area (Å²) in [5.74, 6) is -0.717. The first-order valence-electron chi connectivity index (χ1n) is 11.7. The van der Waals surface area contributed by atoms with Crippen LogP contribution in [0.5, 0.6) is 5.75 Å². The molecule has 12 heteroatoms. The molecule has 0 unspecified atom stereocenters. The quantitative estimate of drug-likeness (QED) is 0.182. The van der Waals surface area contributed by atoms with Gasteiger partial charge < -0.3 is 10.5 Å². The van der Waals surface area contributed by atoms with Crippen LogP contribution in [0.4, 0.5) is 10.2 Å². The predicted octanol–water partition coefficient (Wildman–Crippen LogP) is 4.02. The largest absolute Gasteiger partial charge is 0.487 e. The molecule has 0 aliphatic heterocycles. The van der Waals surface area contributed by atoms with E-state index in [2.05, 4.69) is 41.8 Å². The second-order valence-electron chi connectivity index (χ2n) is 8.44. The lowest BCUT2D eigenvalue weighted by atomic mass is 9.97. The molecule has 0 aliphatic rings. The lowest BCUT2D eigenvalue weighted by Crippen LogP contribution is -2.21. The third-order valence-corrected chi connectivity index (χ3v) is 6.04. The molecule has 11 nitrogen and oxygen atoms in total. The second kappa shape index (κ2) is 10.0. The van der Waals surface area contributed by atoms with Crippen molar-refractivity contribution < 1.29 is 18.6 Å². The van der Waals surface area contributed by atoms with E-state index in [1.807, 2.05) is 48.5 Å². The van der Waals surface area contributed by atoms with Crippen molar-refractivity contribution in [2.24, 2.45) is 5.10 Å². The van der Waals surface area contributed by atoms with Crippen molar-refractivity contribution in [1.29, 1.82) is 0 Å². The van der Waals surface area contributed by atoms with Crippen molar-refractivity contribution in [2.75, 3.05) is 5.73 Å². The Balaban J connectivity index is 1.31. The Morgan fingerprint density at radius 3 is 2.38 bits per heavy atom. The summed E-state index contributed by atoms with van der Waals surface area (Å²) >= 11 is 0. The Bertz CT molecular complexity index is 1790. The molecule has 192 valence electrons. The maximum Gasteiger partial charge on any atom is 0.293 e. The number of ether oxygens (including phenoxy) is 1. The number of benzene rings is 4. The summed E-state index contributed by atoms with van der Waals surface area (Å²) in [6, 6.07) is 23.4. The van der Waals surface area contributed by atoms with E-state index < -0.39 is 11.7 Å². The molecule has 0 radical (unpaired) electrons. The number of aromatic nitrogens is 5. The van der Waals surface area contributed by atoms with Gasteiger partial charge >= 0.3 is 0 Å². The number of nitrogen functional groups attached to an aromatic ring is 1. The van der Waals surface area contributed by atoms with Gasteiger partial charge in [0.25, 0.3) is 5.91 Å². The van der Waals surface area contributed by atoms with Crippen molar-refractivity contribution in [3.05, 3.63) is 102 Å². The molecule has 0 aliphatic carbocycles. The van der Waals surface area contributed by atoms with E-state index in [1.54, 1.807) is 6.21 Å². The van der Waals surface area contributed by atoms with Crippen LogP contribution in [0.25, 0.3) is 27.4 Å². The number of hydrazone groups is 1. The van der Waals surface area contributed by atoms with Crippen molar-refractivity contribution in [1.82, 2.24) is 30.7 Å². The summed E-state index contributed by atoms with van der Waals surface area (Å²) in [4.78, 5) is 13.2. The Morgan fingerprint density at radius 1 is 1.03 bits per heavy atom. The molecule has 0 fully saturated rings. The minimum Gasteiger partial charge on any atom is -0.487 e. The van der Waals surface area contributed by atoms with Gasteiger partial charge in [-0.05, 0) is 62.2 Å². The number of rotatable bonds is 7. The van der Waals surface area contributed by atoms with Crippen molar-refractivity contribution in [3.63, 3.8) is 0 Å². The van der Waals surface area contributed by atoms with Crippen LogP contribution in [-0.4, -0.2) is 37.4 Å². The van der Waals surface area contributed by atoms with Gasteiger partial charge in [-0.2, -0.15) is 9.78 Å². The average Bonchev–Trinajstić information content (AvgIpc) is 3.57. The average molecular weight is 523 g/mol. The fourth-order valence-corrected chi connectivity index (χ4v) is 4.19. The summed E-state index contributed by atoms with van der Waals surface area (Å²) in [7, 11) is 0. The second-order valence-corrected chi connectivity index (χ2v) is 8.44. The molecule has 6 rings (SSSR count). The summed E-state index contributed by atoms with van der Waals surface area (Å²) in [6.07, 6.45) is 1.60. The minimum atomic E-state index is -0.644. The van der Waals surface area contributed by atoms with E-state index in [0.717, 1.165) is 27.1 Å². The van der Waals surface area contributed by atoms with Crippen LogP contribution in [0.1, 0.15) is 21.7 Å². The van der Waals surface area contributed by atoms with Crippen LogP contribution in [0, 0.1) is 5.82 Å². The number of anilines is 1. The van der Waals surface area contributed by atoms with E-state index in [4.69, 9.17) is 10.5 Å². The zero-order chi connectivity index (χ0) is 26.8. The molecule has 0 bridgehead atoms. The van der Waals surface area contributed by atoms with Gasteiger partial charge in [0.1, 0.15) is 23.9 Å². The number of nitrogens with two attached hydrogens (primary N) is 1. The number of carbonyl (C=O) groups excluding carboxylic acids is 1. The number of hydrogen-bond donors (Lipinski definition) is 2. The third kappa shape index (κ3) is 4.62. The van der Waals surface area contributed by atoms with Gasteiger partial charge in [0.05, 0.1) is 6.21 Å². The number of halogens is 1. The molecule has 4 aromatic carbocycles. The number of hydrogen-bond acceptors (Lipinski definition) is 9. The van der Waals surface area contributed by atoms with Crippen LogP contribution in [0.15, 0.2) is 88.6 Å². The number of nitrogens with one attached hydrogen (secondary N) is 1. The maximum atomic E-state index is 13.3. The van der Waals surface area contributed by atoms with Gasteiger partial charge in [0.2, 0.25) is 11.6 Å². The maximum absolute atomic E-state index is 13.3. The van der Waals surface area contributed by atoms with E-state index in [9.17, 15) is 9.18 Å². The minimum absolute atomic E-state index is 0.0324. The van der Waals surface area contributed by atoms with Gasteiger partial charge in [-0.3, -0.25) is 4.79 Å². The van der Waals surface area contributed by atoms with Gasteiger partial charge in [-0.1, -0.05) is 53.7 Å². The Labute approximate surface area is 219 Å². The smallest absolute Gasteiger partial charge is 0.293 e. The summed E-state index contributed by atoms with van der Waals surface area (Å²) in [5.41, 5.74) is 9.31. The van der Waals surface area contributed by atoms with Gasteiger partial charge in [0.15, 0.2) is 5.69 Å². The monoisotopic (exact) mass is 522 g/mol. The van der Waals surface area contributed by atoms with E-state index in [-0.39, 0.29) is 29.6 Å². The predicted molar refractivity (Wildman–Crippen MR) is 141 cm³/mol. The molecule has 0 spiro atoms. The fraction of sp³-hybridized carbons (Fsp3) is 0.0370. The SMILES string of the molecule is Nc1nonc1-n1nnc(C(=O)NN=Cc2c3ccccc3cc3ccccc23)c1COc1ccc(F)cc1. The normalized spacial score (nSPS) is 11.4. The molecule has 0 saturated carbocycles. The molecule has 0 atom stereocenters. The summed E-state index contributed by atoms with van der Waals surface area (Å²) in [6.45, 7) is -0.175. The first-order valence-corrected chi connectivity index (χ1v) is 11.7. The van der Waals surface area contributed by atoms with E-state index in [0.29, 0.717) is 5.75 Å². The number of nitrogens with zero attached hydrogens (tertiary/aromatic N) is 6. The summed E-state index contributed by atoms with van der Waals surface area (Å²) in [5, 5.41) is 23.5. The molecular weight excluding hydrogens is 503 g/mol. The Hall–Kier alpha value is -5.65. The highest BCUT2D eigenvalue weighted by Crippen LogP contribution is 2.27. The lowest BCUT2D eigenvalue weighted by Gasteiger charge is -2.09. The first-order chi connectivity index (χ1) is 19.1. The Kier molecular flexibility index (Phi) is 6.09. The summed E-state index contributed by atoms with van der Waals surface area (Å²) < 4.78 is 24.9. The Morgan fingerprint density at radius 2 is 1.72 bits per heavy atom. The zero-order valence-electron chi connectivity index (χ0n) is 20.2.